The summed E-state index contributed by atoms with van der Waals surface area (Å²) >= 11 is 0. The molecule has 1 aromatic rings. The molecule has 1 amide bonds. The molecule has 7 heteroatoms. The van der Waals surface area contributed by atoms with Crippen LogP contribution in [0.2, 0.25) is 0 Å². The van der Waals surface area contributed by atoms with E-state index in [9.17, 15) is 9.59 Å². The largest absolute Gasteiger partial charge is 0.480 e. The molecule has 1 aromatic heterocycles. The van der Waals surface area contributed by atoms with Crippen LogP contribution in [-0.2, 0) is 16.6 Å². The summed E-state index contributed by atoms with van der Waals surface area (Å²) in [5.74, 6) is -1.59. The number of amides is 1. The Morgan fingerprint density at radius 1 is 1.48 bits per heavy atom. The summed E-state index contributed by atoms with van der Waals surface area (Å²) in [6.07, 6.45) is 0.199. The molecule has 0 bridgehead atoms. The molecule has 0 fully saturated rings. The molecule has 0 radical (unpaired) electrons. The second-order valence-electron chi connectivity index (χ2n) is 5.91. The third kappa shape index (κ3) is 5.55. The highest BCUT2D eigenvalue weighted by Gasteiger charge is 2.23. The zero-order valence-electron chi connectivity index (χ0n) is 13.1. The number of hydrogen-bond donors (Lipinski definition) is 2. The predicted octanol–water partition coefficient (Wildman–Crippen LogP) is 1.12. The van der Waals surface area contributed by atoms with Crippen molar-refractivity contribution in [2.24, 2.45) is 7.05 Å². The van der Waals surface area contributed by atoms with E-state index in [-0.39, 0.29) is 24.3 Å². The van der Waals surface area contributed by atoms with Crippen LogP contribution >= 0.6 is 0 Å². The van der Waals surface area contributed by atoms with Gasteiger partial charge in [-0.25, -0.2) is 4.79 Å². The summed E-state index contributed by atoms with van der Waals surface area (Å²) in [5.41, 5.74) is 0.687. The molecule has 1 rings (SSSR count). The fraction of sp³-hybridized carbons (Fsp3) is 0.643. The van der Waals surface area contributed by atoms with Crippen LogP contribution in [0.5, 0.6) is 0 Å². The number of aromatic nitrogens is 2. The maximum absolute atomic E-state index is 12.0. The van der Waals surface area contributed by atoms with Crippen molar-refractivity contribution in [1.29, 1.82) is 0 Å². The molecule has 0 aliphatic rings. The SMILES string of the molecule is Cc1cc(C(=O)NC(CCOC(C)(C)C)C(=O)O)nn1C. The number of carboxylic acids is 1. The Kier molecular flexibility index (Phi) is 5.48. The Hall–Kier alpha value is -1.89. The molecule has 118 valence electrons. The van der Waals surface area contributed by atoms with Crippen molar-refractivity contribution in [2.75, 3.05) is 6.61 Å². The average molecular weight is 297 g/mol. The molecule has 0 aromatic carbocycles. The number of ether oxygens (including phenoxy) is 1. The number of carboxylic acid groups (broad SMARTS) is 1. The van der Waals surface area contributed by atoms with Crippen LogP contribution in [0, 0.1) is 6.92 Å². The zero-order valence-corrected chi connectivity index (χ0v) is 13.1. The van der Waals surface area contributed by atoms with Crippen LogP contribution in [0.15, 0.2) is 6.07 Å². The average Bonchev–Trinajstić information content (AvgIpc) is 2.66. The highest BCUT2D eigenvalue weighted by Crippen LogP contribution is 2.08. The van der Waals surface area contributed by atoms with Gasteiger partial charge in [0.15, 0.2) is 0 Å². The van der Waals surface area contributed by atoms with E-state index < -0.39 is 17.9 Å². The molecule has 0 saturated heterocycles. The van der Waals surface area contributed by atoms with Gasteiger partial charge in [0.2, 0.25) is 0 Å². The number of aryl methyl sites for hydroxylation is 2. The lowest BCUT2D eigenvalue weighted by Crippen LogP contribution is -2.42. The minimum Gasteiger partial charge on any atom is -0.480 e. The lowest BCUT2D eigenvalue weighted by atomic mass is 10.1. The fourth-order valence-electron chi connectivity index (χ4n) is 1.64. The van der Waals surface area contributed by atoms with Gasteiger partial charge in [-0.1, -0.05) is 0 Å². The van der Waals surface area contributed by atoms with Gasteiger partial charge in [-0.2, -0.15) is 5.10 Å². The molecule has 1 atom stereocenters. The maximum atomic E-state index is 12.0. The van der Waals surface area contributed by atoms with E-state index in [4.69, 9.17) is 9.84 Å². The lowest BCUT2D eigenvalue weighted by Gasteiger charge is -2.21. The predicted molar refractivity (Wildman–Crippen MR) is 77.2 cm³/mol. The molecule has 21 heavy (non-hydrogen) atoms. The smallest absolute Gasteiger partial charge is 0.326 e. The third-order valence-electron chi connectivity index (χ3n) is 2.89. The van der Waals surface area contributed by atoms with Crippen molar-refractivity contribution in [3.05, 3.63) is 17.5 Å². The van der Waals surface area contributed by atoms with Crippen LogP contribution in [0.4, 0.5) is 0 Å². The minimum atomic E-state index is -1.09. The summed E-state index contributed by atoms with van der Waals surface area (Å²) < 4.78 is 7.05. The van der Waals surface area contributed by atoms with Crippen LogP contribution in [0.1, 0.15) is 43.4 Å². The monoisotopic (exact) mass is 297 g/mol. The molecular formula is C14H23N3O4. The van der Waals surface area contributed by atoms with Crippen molar-refractivity contribution in [2.45, 2.75) is 45.8 Å². The van der Waals surface area contributed by atoms with E-state index >= 15 is 0 Å². The molecule has 0 spiro atoms. The third-order valence-corrected chi connectivity index (χ3v) is 2.89. The van der Waals surface area contributed by atoms with Crippen molar-refractivity contribution in [1.82, 2.24) is 15.1 Å². The Bertz CT molecular complexity index is 497. The zero-order chi connectivity index (χ0) is 16.2. The van der Waals surface area contributed by atoms with Gasteiger partial charge in [-0.3, -0.25) is 9.48 Å². The molecule has 2 N–H and O–H groups in total. The summed E-state index contributed by atoms with van der Waals surface area (Å²) in [4.78, 5) is 23.2. The van der Waals surface area contributed by atoms with Crippen LogP contribution in [-0.4, -0.2) is 45.0 Å². The second-order valence-corrected chi connectivity index (χ2v) is 5.91. The van der Waals surface area contributed by atoms with Gasteiger partial charge >= 0.3 is 5.97 Å². The number of rotatable bonds is 6. The molecule has 1 unspecified atom stereocenters. The fourth-order valence-corrected chi connectivity index (χ4v) is 1.64. The first-order valence-electron chi connectivity index (χ1n) is 6.78. The van der Waals surface area contributed by atoms with Gasteiger partial charge in [0.25, 0.3) is 5.91 Å². The van der Waals surface area contributed by atoms with Gasteiger partial charge in [0, 0.05) is 25.8 Å². The number of nitrogens with one attached hydrogen (secondary N) is 1. The number of nitrogens with zero attached hydrogens (tertiary/aromatic N) is 2. The number of aliphatic carboxylic acids is 1. The number of carbonyl (C=O) groups is 2. The summed E-state index contributed by atoms with van der Waals surface area (Å²) in [7, 11) is 1.72. The van der Waals surface area contributed by atoms with E-state index in [0.717, 1.165) is 5.69 Å². The highest BCUT2D eigenvalue weighted by molar-refractivity contribution is 5.95. The molecule has 1 heterocycles. The second kappa shape index (κ2) is 6.71. The van der Waals surface area contributed by atoms with Gasteiger partial charge < -0.3 is 15.2 Å². The standard InChI is InChI=1S/C14H23N3O4/c1-9-8-11(16-17(9)5)12(18)15-10(13(19)20)6-7-21-14(2,3)4/h8,10H,6-7H2,1-5H3,(H,15,18)(H,19,20). The normalized spacial score (nSPS) is 13.0. The first-order chi connectivity index (χ1) is 9.60. The van der Waals surface area contributed by atoms with Crippen LogP contribution < -0.4 is 5.32 Å². The van der Waals surface area contributed by atoms with Crippen LogP contribution in [0.3, 0.4) is 0 Å². The molecular weight excluding hydrogens is 274 g/mol. The molecule has 0 aliphatic heterocycles. The van der Waals surface area contributed by atoms with Gasteiger partial charge in [-0.15, -0.1) is 0 Å². The van der Waals surface area contributed by atoms with Crippen LogP contribution in [0.25, 0.3) is 0 Å². The van der Waals surface area contributed by atoms with Crippen molar-refractivity contribution >= 4 is 11.9 Å². The Balaban J connectivity index is 2.62. The van der Waals surface area contributed by atoms with E-state index in [0.29, 0.717) is 0 Å². The van der Waals surface area contributed by atoms with E-state index in [1.165, 1.54) is 0 Å². The summed E-state index contributed by atoms with van der Waals surface area (Å²) in [5, 5.41) is 15.7. The van der Waals surface area contributed by atoms with Crippen molar-refractivity contribution in [3.63, 3.8) is 0 Å². The molecule has 7 nitrogen and oxygen atoms in total. The Labute approximate surface area is 124 Å². The lowest BCUT2D eigenvalue weighted by molar-refractivity contribution is -0.140. The van der Waals surface area contributed by atoms with E-state index in [1.807, 2.05) is 27.7 Å². The van der Waals surface area contributed by atoms with Gasteiger partial charge in [0.1, 0.15) is 11.7 Å². The van der Waals surface area contributed by atoms with Crippen molar-refractivity contribution in [3.8, 4) is 0 Å². The van der Waals surface area contributed by atoms with E-state index in [1.54, 1.807) is 17.8 Å². The minimum absolute atomic E-state index is 0.199. The van der Waals surface area contributed by atoms with Gasteiger partial charge in [-0.05, 0) is 33.8 Å². The Morgan fingerprint density at radius 2 is 2.10 bits per heavy atom. The van der Waals surface area contributed by atoms with Crippen molar-refractivity contribution < 1.29 is 19.4 Å². The summed E-state index contributed by atoms with van der Waals surface area (Å²) in [6.45, 7) is 7.73. The number of carbonyl (C=O) groups excluding carboxylic acids is 1. The van der Waals surface area contributed by atoms with Gasteiger partial charge in [0.05, 0.1) is 5.60 Å². The first-order valence-corrected chi connectivity index (χ1v) is 6.78. The Morgan fingerprint density at radius 3 is 2.52 bits per heavy atom. The first kappa shape index (κ1) is 17.2. The molecule has 0 saturated carbocycles. The molecule has 0 aliphatic carbocycles. The number of hydrogen-bond acceptors (Lipinski definition) is 4. The quantitative estimate of drug-likeness (QED) is 0.820. The highest BCUT2D eigenvalue weighted by atomic mass is 16.5. The topological polar surface area (TPSA) is 93.4 Å². The van der Waals surface area contributed by atoms with E-state index in [2.05, 4.69) is 10.4 Å². The maximum Gasteiger partial charge on any atom is 0.326 e. The summed E-state index contributed by atoms with van der Waals surface area (Å²) in [6, 6.07) is 0.613.